The van der Waals surface area contributed by atoms with E-state index in [0.717, 1.165) is 12.8 Å². The highest BCUT2D eigenvalue weighted by atomic mass is 32.1. The van der Waals surface area contributed by atoms with Crippen molar-refractivity contribution in [3.05, 3.63) is 17.0 Å². The van der Waals surface area contributed by atoms with Crippen molar-refractivity contribution in [2.75, 3.05) is 11.9 Å². The number of carboxylic acids is 1. The van der Waals surface area contributed by atoms with E-state index in [0.29, 0.717) is 23.4 Å². The van der Waals surface area contributed by atoms with Gasteiger partial charge >= 0.3 is 5.97 Å². The molecule has 0 spiro atoms. The number of hydrogen-bond donors (Lipinski definition) is 1. The molecular weight excluding hydrogens is 306 g/mol. The number of anilines is 1. The summed E-state index contributed by atoms with van der Waals surface area (Å²) in [5.41, 5.74) is 0.293. The van der Waals surface area contributed by atoms with Gasteiger partial charge in [0, 0.05) is 17.8 Å². The first-order valence-corrected chi connectivity index (χ1v) is 8.19. The van der Waals surface area contributed by atoms with Crippen molar-refractivity contribution in [3.8, 4) is 0 Å². The van der Waals surface area contributed by atoms with E-state index >= 15 is 0 Å². The van der Waals surface area contributed by atoms with E-state index in [1.807, 2.05) is 0 Å². The number of rotatable bonds is 5. The molecule has 1 aromatic heterocycles. The van der Waals surface area contributed by atoms with Gasteiger partial charge in [-0.3, -0.25) is 4.79 Å². The number of thiophene rings is 1. The van der Waals surface area contributed by atoms with Crippen molar-refractivity contribution < 1.29 is 24.2 Å². The van der Waals surface area contributed by atoms with Gasteiger partial charge in [0.25, 0.3) is 0 Å². The average Bonchev–Trinajstić information content (AvgIpc) is 2.95. The van der Waals surface area contributed by atoms with E-state index in [4.69, 9.17) is 4.74 Å². The van der Waals surface area contributed by atoms with Crippen LogP contribution in [0.4, 0.5) is 5.00 Å². The van der Waals surface area contributed by atoms with Crippen molar-refractivity contribution in [2.24, 2.45) is 11.8 Å². The van der Waals surface area contributed by atoms with Crippen LogP contribution < -0.4 is 10.4 Å². The number of aliphatic carboxylic acids is 1. The Kier molecular flexibility index (Phi) is 5.54. The fourth-order valence-electron chi connectivity index (χ4n) is 2.71. The van der Waals surface area contributed by atoms with Crippen LogP contribution in [0.1, 0.15) is 43.0 Å². The lowest BCUT2D eigenvalue weighted by molar-refractivity contribution is -0.313. The predicted octanol–water partition coefficient (Wildman–Crippen LogP) is 1.42. The molecule has 1 heterocycles. The van der Waals surface area contributed by atoms with Crippen molar-refractivity contribution in [3.63, 3.8) is 0 Å². The van der Waals surface area contributed by atoms with Crippen molar-refractivity contribution in [1.82, 2.24) is 0 Å². The van der Waals surface area contributed by atoms with Crippen LogP contribution in [0.5, 0.6) is 0 Å². The Hall–Kier alpha value is -1.89. The molecule has 22 heavy (non-hydrogen) atoms. The molecule has 1 aliphatic carbocycles. The lowest BCUT2D eigenvalue weighted by atomic mass is 9.79. The van der Waals surface area contributed by atoms with Crippen molar-refractivity contribution in [1.29, 1.82) is 0 Å². The Bertz CT molecular complexity index is 568. The first kappa shape index (κ1) is 16.5. The summed E-state index contributed by atoms with van der Waals surface area (Å²) >= 11 is 1.21. The highest BCUT2D eigenvalue weighted by molar-refractivity contribution is 7.14. The van der Waals surface area contributed by atoms with Gasteiger partial charge in [-0.25, -0.2) is 4.79 Å². The zero-order valence-electron chi connectivity index (χ0n) is 12.3. The number of carboxylic acid groups (broad SMARTS) is 1. The lowest BCUT2D eigenvalue weighted by Gasteiger charge is -2.31. The fraction of sp³-hybridized carbons (Fsp3) is 0.533. The molecule has 120 valence electrons. The standard InChI is InChI=1S/C15H19NO5S/c1-2-21-15(20)11-7-8-22-13(11)16-12(17)9-5-3-4-6-10(9)14(18)19/h7-10H,2-6H2,1H3,(H,16,17)(H,18,19)/p-1/t9-,10-/m0/s1. The smallest absolute Gasteiger partial charge is 0.341 e. The highest BCUT2D eigenvalue weighted by Crippen LogP contribution is 2.32. The molecule has 0 aliphatic heterocycles. The molecule has 1 fully saturated rings. The summed E-state index contributed by atoms with van der Waals surface area (Å²) in [6.45, 7) is 1.95. The van der Waals surface area contributed by atoms with E-state index in [1.54, 1.807) is 18.4 Å². The van der Waals surface area contributed by atoms with Crippen LogP contribution in [0.15, 0.2) is 11.4 Å². The number of carbonyl (C=O) groups is 3. The normalized spacial score (nSPS) is 21.1. The molecule has 0 unspecified atom stereocenters. The molecule has 1 N–H and O–H groups in total. The third-order valence-corrected chi connectivity index (χ3v) is 4.63. The first-order chi connectivity index (χ1) is 10.5. The second-order valence-corrected chi connectivity index (χ2v) is 6.11. The zero-order valence-corrected chi connectivity index (χ0v) is 13.1. The molecule has 2 atom stereocenters. The molecule has 1 aromatic rings. The van der Waals surface area contributed by atoms with Crippen LogP contribution in [0.25, 0.3) is 0 Å². The maximum atomic E-state index is 12.4. The topological polar surface area (TPSA) is 95.5 Å². The Labute approximate surface area is 132 Å². The van der Waals surface area contributed by atoms with Crippen molar-refractivity contribution >= 4 is 34.2 Å². The Morgan fingerprint density at radius 2 is 2.00 bits per heavy atom. The van der Waals surface area contributed by atoms with Gasteiger partial charge in [0.15, 0.2) is 0 Å². The Balaban J connectivity index is 2.10. The average molecular weight is 324 g/mol. The van der Waals surface area contributed by atoms with Gasteiger partial charge in [0.2, 0.25) is 5.91 Å². The minimum absolute atomic E-state index is 0.247. The summed E-state index contributed by atoms with van der Waals surface area (Å²) in [6.07, 6.45) is 2.58. The Morgan fingerprint density at radius 3 is 2.64 bits per heavy atom. The SMILES string of the molecule is CCOC(=O)c1ccsc1NC(=O)[C@H]1CCCC[C@@H]1C(=O)[O-]. The maximum absolute atomic E-state index is 12.4. The summed E-state index contributed by atoms with van der Waals surface area (Å²) in [7, 11) is 0. The third-order valence-electron chi connectivity index (χ3n) is 3.80. The molecule has 6 nitrogen and oxygen atoms in total. The first-order valence-electron chi connectivity index (χ1n) is 7.31. The second-order valence-electron chi connectivity index (χ2n) is 5.19. The van der Waals surface area contributed by atoms with Gasteiger partial charge in [-0.15, -0.1) is 11.3 Å². The number of carbonyl (C=O) groups excluding carboxylic acids is 3. The molecule has 0 bridgehead atoms. The van der Waals surface area contributed by atoms with E-state index < -0.39 is 23.8 Å². The highest BCUT2D eigenvalue weighted by Gasteiger charge is 2.32. The summed E-state index contributed by atoms with van der Waals surface area (Å²) in [5.74, 6) is -3.44. The van der Waals surface area contributed by atoms with E-state index in [1.165, 1.54) is 11.3 Å². The largest absolute Gasteiger partial charge is 0.550 e. The molecule has 0 aromatic carbocycles. The molecule has 2 rings (SSSR count). The summed E-state index contributed by atoms with van der Waals surface area (Å²) in [4.78, 5) is 35.3. The quantitative estimate of drug-likeness (QED) is 0.826. The minimum atomic E-state index is -1.18. The van der Waals surface area contributed by atoms with E-state index in [2.05, 4.69) is 5.32 Å². The molecule has 1 amide bonds. The van der Waals surface area contributed by atoms with Crippen LogP contribution in [-0.4, -0.2) is 24.5 Å². The maximum Gasteiger partial charge on any atom is 0.341 e. The number of ether oxygens (including phenoxy) is 1. The van der Waals surface area contributed by atoms with Gasteiger partial charge in [0.05, 0.1) is 12.2 Å². The monoisotopic (exact) mass is 324 g/mol. The van der Waals surface area contributed by atoms with Gasteiger partial charge in [-0.2, -0.15) is 0 Å². The molecular formula is C15H18NO5S-. The molecule has 0 saturated heterocycles. The van der Waals surface area contributed by atoms with Crippen LogP contribution in [0.2, 0.25) is 0 Å². The lowest BCUT2D eigenvalue weighted by Crippen LogP contribution is -2.42. The van der Waals surface area contributed by atoms with Crippen molar-refractivity contribution in [2.45, 2.75) is 32.6 Å². The molecule has 0 radical (unpaired) electrons. The van der Waals surface area contributed by atoms with E-state index in [-0.39, 0.29) is 12.5 Å². The fourth-order valence-corrected chi connectivity index (χ4v) is 3.49. The number of esters is 1. The summed E-state index contributed by atoms with van der Waals surface area (Å²) < 4.78 is 4.93. The zero-order chi connectivity index (χ0) is 16.1. The van der Waals surface area contributed by atoms with Crippen LogP contribution >= 0.6 is 11.3 Å². The van der Waals surface area contributed by atoms with Gasteiger partial charge in [-0.05, 0) is 31.2 Å². The molecule has 7 heteroatoms. The summed E-state index contributed by atoms with van der Waals surface area (Å²) in [6, 6.07) is 1.58. The Morgan fingerprint density at radius 1 is 1.32 bits per heavy atom. The van der Waals surface area contributed by atoms with Crippen LogP contribution in [0.3, 0.4) is 0 Å². The van der Waals surface area contributed by atoms with Crippen LogP contribution in [-0.2, 0) is 14.3 Å². The second kappa shape index (κ2) is 7.40. The number of hydrogen-bond acceptors (Lipinski definition) is 6. The van der Waals surface area contributed by atoms with Gasteiger partial charge in [0.1, 0.15) is 5.00 Å². The van der Waals surface area contributed by atoms with E-state index in [9.17, 15) is 19.5 Å². The number of nitrogens with one attached hydrogen (secondary N) is 1. The third kappa shape index (κ3) is 3.65. The predicted molar refractivity (Wildman–Crippen MR) is 79.4 cm³/mol. The molecule has 1 aliphatic rings. The summed E-state index contributed by atoms with van der Waals surface area (Å²) in [5, 5.41) is 15.9. The minimum Gasteiger partial charge on any atom is -0.550 e. The van der Waals surface area contributed by atoms with Gasteiger partial charge < -0.3 is 20.0 Å². The number of amides is 1. The van der Waals surface area contributed by atoms with Crippen LogP contribution in [0, 0.1) is 11.8 Å². The molecule has 1 saturated carbocycles. The van der Waals surface area contributed by atoms with Gasteiger partial charge in [-0.1, -0.05) is 12.8 Å².